The number of anilines is 1. The second-order valence-corrected chi connectivity index (χ2v) is 8.98. The molecule has 0 atom stereocenters. The molecule has 1 aromatic heterocycles. The van der Waals surface area contributed by atoms with Gasteiger partial charge in [-0.1, -0.05) is 73.3 Å². The molecule has 166 valence electrons. The van der Waals surface area contributed by atoms with Crippen molar-refractivity contribution < 1.29 is 4.79 Å². The van der Waals surface area contributed by atoms with Crippen molar-refractivity contribution in [3.63, 3.8) is 0 Å². The Kier molecular flexibility index (Phi) is 7.02. The zero-order chi connectivity index (χ0) is 22.7. The third-order valence-electron chi connectivity index (χ3n) is 5.96. The molecule has 0 saturated heterocycles. The van der Waals surface area contributed by atoms with Gasteiger partial charge >= 0.3 is 0 Å². The molecular formula is C26H26Cl2N2O2. The van der Waals surface area contributed by atoms with Crippen molar-refractivity contribution in [3.8, 4) is 0 Å². The maximum absolute atomic E-state index is 13.9. The van der Waals surface area contributed by atoms with Crippen LogP contribution in [0.15, 0.2) is 53.3 Å². The number of unbranched alkanes of at least 4 members (excludes halogenated alkanes) is 2. The number of ketones is 1. The van der Waals surface area contributed by atoms with E-state index in [1.54, 1.807) is 22.8 Å². The summed E-state index contributed by atoms with van der Waals surface area (Å²) in [6.07, 6.45) is 4.15. The average Bonchev–Trinajstić information content (AvgIpc) is 3.28. The molecule has 0 bridgehead atoms. The maximum atomic E-state index is 13.9. The van der Waals surface area contributed by atoms with Crippen LogP contribution in [-0.2, 0) is 19.4 Å². The van der Waals surface area contributed by atoms with Crippen LogP contribution in [0, 0.1) is 0 Å². The van der Waals surface area contributed by atoms with Crippen molar-refractivity contribution in [2.75, 3.05) is 11.9 Å². The predicted octanol–water partition coefficient (Wildman–Crippen LogP) is 6.14. The van der Waals surface area contributed by atoms with E-state index in [2.05, 4.69) is 12.2 Å². The molecule has 6 heteroatoms. The summed E-state index contributed by atoms with van der Waals surface area (Å²) in [4.78, 5) is 27.4. The molecule has 4 rings (SSSR count). The van der Waals surface area contributed by atoms with Crippen LogP contribution in [0.1, 0.15) is 58.8 Å². The van der Waals surface area contributed by atoms with Crippen molar-refractivity contribution in [2.24, 2.45) is 0 Å². The summed E-state index contributed by atoms with van der Waals surface area (Å²) in [6.45, 7) is 3.29. The lowest BCUT2D eigenvalue weighted by atomic mass is 9.89. The van der Waals surface area contributed by atoms with E-state index in [1.165, 1.54) is 0 Å². The molecule has 32 heavy (non-hydrogen) atoms. The quantitative estimate of drug-likeness (QED) is 0.319. The Hall–Kier alpha value is -2.56. The van der Waals surface area contributed by atoms with Crippen LogP contribution in [0.5, 0.6) is 0 Å². The van der Waals surface area contributed by atoms with Crippen molar-refractivity contribution in [3.05, 3.63) is 96.7 Å². The van der Waals surface area contributed by atoms with E-state index >= 15 is 0 Å². The average molecular weight is 469 g/mol. The van der Waals surface area contributed by atoms with Gasteiger partial charge in [0, 0.05) is 35.7 Å². The minimum Gasteiger partial charge on any atom is -0.369 e. The number of pyridine rings is 1. The number of rotatable bonds is 8. The largest absolute Gasteiger partial charge is 0.369 e. The highest BCUT2D eigenvalue weighted by Crippen LogP contribution is 2.32. The van der Waals surface area contributed by atoms with Crippen LogP contribution >= 0.6 is 23.2 Å². The Morgan fingerprint density at radius 2 is 1.84 bits per heavy atom. The third-order valence-corrected chi connectivity index (χ3v) is 6.52. The number of nitrogens with zero attached hydrogens (tertiary/aromatic N) is 1. The summed E-state index contributed by atoms with van der Waals surface area (Å²) in [5, 5.41) is 4.09. The van der Waals surface area contributed by atoms with Gasteiger partial charge in [0.05, 0.1) is 10.6 Å². The van der Waals surface area contributed by atoms with E-state index in [4.69, 9.17) is 23.2 Å². The second kappa shape index (κ2) is 9.93. The SMILES string of the molecule is CCCCCc1c(C(=O)c2cc(Cl)ccc2Cl)c2n(c(=O)c1Cc1ccccc1)CCN2. The molecule has 0 unspecified atom stereocenters. The van der Waals surface area contributed by atoms with Gasteiger partial charge in [-0.3, -0.25) is 14.2 Å². The normalized spacial score (nSPS) is 12.5. The Morgan fingerprint density at radius 3 is 2.59 bits per heavy atom. The molecule has 1 aliphatic rings. The molecule has 0 amide bonds. The summed E-state index contributed by atoms with van der Waals surface area (Å²) in [5.41, 5.74) is 3.46. The fourth-order valence-electron chi connectivity index (χ4n) is 4.37. The molecule has 0 saturated carbocycles. The smallest absolute Gasteiger partial charge is 0.256 e. The number of carbonyl (C=O) groups excluding carboxylic acids is 1. The zero-order valence-electron chi connectivity index (χ0n) is 18.1. The molecule has 0 radical (unpaired) electrons. The van der Waals surface area contributed by atoms with Crippen molar-refractivity contribution in [1.82, 2.24) is 4.57 Å². The van der Waals surface area contributed by atoms with E-state index in [0.29, 0.717) is 58.5 Å². The van der Waals surface area contributed by atoms with E-state index < -0.39 is 0 Å². The Morgan fingerprint density at radius 1 is 1.06 bits per heavy atom. The molecular weight excluding hydrogens is 443 g/mol. The minimum absolute atomic E-state index is 0.0194. The van der Waals surface area contributed by atoms with Gasteiger partial charge in [0.1, 0.15) is 5.82 Å². The standard InChI is InChI=1S/C26H26Cl2N2O2/c1-2-3-5-10-19-20(15-17-8-6-4-7-9-17)26(32)30-14-13-29-25(30)23(19)24(31)21-16-18(27)11-12-22(21)28/h4,6-9,11-12,16,29H,2-3,5,10,13-15H2,1H3. The fourth-order valence-corrected chi connectivity index (χ4v) is 4.74. The van der Waals surface area contributed by atoms with Crippen LogP contribution in [0.3, 0.4) is 0 Å². The molecule has 0 fully saturated rings. The number of benzene rings is 2. The molecule has 4 nitrogen and oxygen atoms in total. The van der Waals surface area contributed by atoms with Crippen LogP contribution < -0.4 is 10.9 Å². The Bertz CT molecular complexity index is 1200. The number of carbonyl (C=O) groups is 1. The number of hydrogen-bond donors (Lipinski definition) is 1. The van der Waals surface area contributed by atoms with Crippen molar-refractivity contribution in [2.45, 2.75) is 45.6 Å². The summed E-state index contributed by atoms with van der Waals surface area (Å²) in [7, 11) is 0. The monoisotopic (exact) mass is 468 g/mol. The van der Waals surface area contributed by atoms with Crippen molar-refractivity contribution in [1.29, 1.82) is 0 Å². The molecule has 0 aliphatic carbocycles. The van der Waals surface area contributed by atoms with Crippen molar-refractivity contribution >= 4 is 34.8 Å². The van der Waals surface area contributed by atoms with Crippen LogP contribution in [-0.4, -0.2) is 16.9 Å². The maximum Gasteiger partial charge on any atom is 0.256 e. The van der Waals surface area contributed by atoms with E-state index in [-0.39, 0.29) is 11.3 Å². The Labute approximate surface area is 198 Å². The lowest BCUT2D eigenvalue weighted by molar-refractivity contribution is 0.103. The van der Waals surface area contributed by atoms with E-state index in [9.17, 15) is 9.59 Å². The van der Waals surface area contributed by atoms with Crippen LogP contribution in [0.25, 0.3) is 0 Å². The molecule has 1 N–H and O–H groups in total. The summed E-state index contributed by atoms with van der Waals surface area (Å²) in [6, 6.07) is 14.8. The van der Waals surface area contributed by atoms with E-state index in [0.717, 1.165) is 30.4 Å². The highest BCUT2D eigenvalue weighted by atomic mass is 35.5. The first kappa shape index (κ1) is 22.6. The highest BCUT2D eigenvalue weighted by molar-refractivity contribution is 6.37. The number of aromatic nitrogens is 1. The third kappa shape index (κ3) is 4.48. The summed E-state index contributed by atoms with van der Waals surface area (Å²) in [5.74, 6) is 0.399. The number of fused-ring (bicyclic) bond motifs is 1. The van der Waals surface area contributed by atoms with Gasteiger partial charge in [-0.15, -0.1) is 0 Å². The molecule has 3 aromatic rings. The van der Waals surface area contributed by atoms with E-state index in [1.807, 2.05) is 30.3 Å². The van der Waals surface area contributed by atoms with Gasteiger partial charge in [0.15, 0.2) is 5.78 Å². The minimum atomic E-state index is -0.198. The van der Waals surface area contributed by atoms with Gasteiger partial charge in [-0.05, 0) is 42.2 Å². The van der Waals surface area contributed by atoms with Gasteiger partial charge < -0.3 is 5.32 Å². The first-order valence-corrected chi connectivity index (χ1v) is 11.8. The second-order valence-electron chi connectivity index (χ2n) is 8.14. The van der Waals surface area contributed by atoms with Gasteiger partial charge in [0.25, 0.3) is 5.56 Å². The molecule has 1 aliphatic heterocycles. The van der Waals surface area contributed by atoms with Gasteiger partial charge in [-0.25, -0.2) is 0 Å². The fraction of sp³-hybridized carbons (Fsp3) is 0.308. The number of nitrogens with one attached hydrogen (secondary N) is 1. The topological polar surface area (TPSA) is 51.1 Å². The van der Waals surface area contributed by atoms with Gasteiger partial charge in [-0.2, -0.15) is 0 Å². The first-order chi connectivity index (χ1) is 15.5. The van der Waals surface area contributed by atoms with Crippen LogP contribution in [0.2, 0.25) is 10.0 Å². The lowest BCUT2D eigenvalue weighted by Gasteiger charge is -2.19. The number of halogens is 2. The number of hydrogen-bond acceptors (Lipinski definition) is 3. The highest BCUT2D eigenvalue weighted by Gasteiger charge is 2.29. The zero-order valence-corrected chi connectivity index (χ0v) is 19.6. The molecule has 2 heterocycles. The lowest BCUT2D eigenvalue weighted by Crippen LogP contribution is -2.28. The first-order valence-electron chi connectivity index (χ1n) is 11.1. The van der Waals surface area contributed by atoms with Gasteiger partial charge in [0.2, 0.25) is 0 Å². The predicted molar refractivity (Wildman–Crippen MR) is 132 cm³/mol. The Balaban J connectivity index is 1.93. The van der Waals surface area contributed by atoms with Crippen LogP contribution in [0.4, 0.5) is 5.82 Å². The summed E-state index contributed by atoms with van der Waals surface area (Å²) >= 11 is 12.6. The molecule has 2 aromatic carbocycles. The summed E-state index contributed by atoms with van der Waals surface area (Å²) < 4.78 is 1.70. The molecule has 0 spiro atoms.